The van der Waals surface area contributed by atoms with Crippen LogP contribution in [0.1, 0.15) is 20.7 Å². The van der Waals surface area contributed by atoms with Crippen molar-refractivity contribution in [2.75, 3.05) is 0 Å². The summed E-state index contributed by atoms with van der Waals surface area (Å²) in [6.07, 6.45) is 0. The number of phosphoric acid groups is 1. The zero-order valence-electron chi connectivity index (χ0n) is 7.96. The summed E-state index contributed by atoms with van der Waals surface area (Å²) < 4.78 is 14.9. The molecule has 0 aliphatic heterocycles. The molecule has 2 N–H and O–H groups in total. The Kier molecular flexibility index (Phi) is 4.30. The second-order valence-electron chi connectivity index (χ2n) is 2.84. The molecule has 92 valence electrons. The Balaban J connectivity index is 3.30. The van der Waals surface area contributed by atoms with Gasteiger partial charge in [-0.2, -0.15) is 0 Å². The minimum atomic E-state index is -4.87. The van der Waals surface area contributed by atoms with Crippen LogP contribution in [-0.4, -0.2) is 20.3 Å². The van der Waals surface area contributed by atoms with Crippen molar-refractivity contribution in [3.05, 3.63) is 29.3 Å². The van der Waals surface area contributed by atoms with Crippen LogP contribution in [0.5, 0.6) is 5.75 Å². The second kappa shape index (κ2) is 5.16. The lowest BCUT2D eigenvalue weighted by atomic mass is 10.1. The van der Waals surface area contributed by atoms with E-state index < -0.39 is 24.1 Å². The first kappa shape index (κ1) is 14.2. The smallest absolute Gasteiger partial charge is 0.403 e. The molecular weight excluding hydrogens is 294 g/mol. The van der Waals surface area contributed by atoms with Crippen LogP contribution >= 0.6 is 31.0 Å². The van der Waals surface area contributed by atoms with Crippen LogP contribution in [0.25, 0.3) is 0 Å². The van der Waals surface area contributed by atoms with Gasteiger partial charge in [0.25, 0.3) is 10.5 Å². The largest absolute Gasteiger partial charge is 0.524 e. The number of halogens is 2. The molecule has 0 saturated carbocycles. The van der Waals surface area contributed by atoms with Crippen molar-refractivity contribution in [3.8, 4) is 5.75 Å². The van der Waals surface area contributed by atoms with E-state index in [-0.39, 0.29) is 11.1 Å². The second-order valence-corrected chi connectivity index (χ2v) is 4.69. The monoisotopic (exact) mass is 298 g/mol. The van der Waals surface area contributed by atoms with Gasteiger partial charge < -0.3 is 4.52 Å². The number of benzene rings is 1. The molecule has 0 aliphatic carbocycles. The molecule has 0 amide bonds. The van der Waals surface area contributed by atoms with Crippen molar-refractivity contribution >= 4 is 41.5 Å². The molecular formula is C8H5Cl2O6P. The number of carbonyl (C=O) groups is 2. The maximum atomic E-state index is 10.9. The van der Waals surface area contributed by atoms with Gasteiger partial charge in [0.15, 0.2) is 0 Å². The van der Waals surface area contributed by atoms with Crippen LogP contribution in [0, 0.1) is 0 Å². The van der Waals surface area contributed by atoms with Crippen LogP contribution in [0.3, 0.4) is 0 Å². The van der Waals surface area contributed by atoms with Crippen molar-refractivity contribution in [1.29, 1.82) is 0 Å². The fraction of sp³-hybridized carbons (Fsp3) is 0. The molecule has 1 aromatic rings. The lowest BCUT2D eigenvalue weighted by Crippen LogP contribution is -2.00. The summed E-state index contributed by atoms with van der Waals surface area (Å²) in [4.78, 5) is 39.0. The lowest BCUT2D eigenvalue weighted by Gasteiger charge is -2.10. The SMILES string of the molecule is O=C(Cl)c1ccc(C(=O)Cl)c(OP(=O)(O)O)c1. The van der Waals surface area contributed by atoms with Gasteiger partial charge in [-0.05, 0) is 41.4 Å². The number of rotatable bonds is 4. The fourth-order valence-electron chi connectivity index (χ4n) is 1.01. The summed E-state index contributed by atoms with van der Waals surface area (Å²) in [5.74, 6) is -0.509. The van der Waals surface area contributed by atoms with Gasteiger partial charge in [0.05, 0.1) is 5.56 Å². The van der Waals surface area contributed by atoms with Gasteiger partial charge in [0, 0.05) is 5.56 Å². The van der Waals surface area contributed by atoms with E-state index in [4.69, 9.17) is 33.0 Å². The highest BCUT2D eigenvalue weighted by molar-refractivity contribution is 7.46. The third-order valence-electron chi connectivity index (χ3n) is 1.64. The van der Waals surface area contributed by atoms with Crippen LogP contribution in [0.4, 0.5) is 0 Å². The summed E-state index contributed by atoms with van der Waals surface area (Å²) in [6.45, 7) is 0. The highest BCUT2D eigenvalue weighted by atomic mass is 35.5. The van der Waals surface area contributed by atoms with E-state index in [0.717, 1.165) is 12.1 Å². The van der Waals surface area contributed by atoms with Crippen molar-refractivity contribution < 1.29 is 28.5 Å². The Morgan fingerprint density at radius 1 is 1.18 bits per heavy atom. The topological polar surface area (TPSA) is 101 Å². The number of hydrogen-bond donors (Lipinski definition) is 2. The van der Waals surface area contributed by atoms with E-state index >= 15 is 0 Å². The molecule has 0 fully saturated rings. The van der Waals surface area contributed by atoms with Crippen LogP contribution in [-0.2, 0) is 4.57 Å². The summed E-state index contributed by atoms with van der Waals surface area (Å²) in [6, 6.07) is 3.18. The molecule has 1 aromatic carbocycles. The van der Waals surface area contributed by atoms with E-state index in [2.05, 4.69) is 4.52 Å². The Hall–Kier alpha value is -0.910. The van der Waals surface area contributed by atoms with Gasteiger partial charge in [-0.25, -0.2) is 4.57 Å². The Labute approximate surface area is 105 Å². The Bertz CT molecular complexity index is 523. The maximum absolute atomic E-state index is 10.9. The van der Waals surface area contributed by atoms with E-state index in [1.54, 1.807) is 0 Å². The van der Waals surface area contributed by atoms with E-state index in [1.807, 2.05) is 0 Å². The average Bonchev–Trinajstić information content (AvgIpc) is 2.14. The van der Waals surface area contributed by atoms with Crippen LogP contribution < -0.4 is 4.52 Å². The minimum Gasteiger partial charge on any atom is -0.403 e. The van der Waals surface area contributed by atoms with Gasteiger partial charge in [-0.1, -0.05) is 0 Å². The molecule has 6 nitrogen and oxygen atoms in total. The summed E-state index contributed by atoms with van der Waals surface area (Å²) in [5, 5.41) is -1.85. The fourth-order valence-corrected chi connectivity index (χ4v) is 1.69. The maximum Gasteiger partial charge on any atom is 0.524 e. The molecule has 0 radical (unpaired) electrons. The highest BCUT2D eigenvalue weighted by Crippen LogP contribution is 2.39. The van der Waals surface area contributed by atoms with E-state index in [0.29, 0.717) is 0 Å². The summed E-state index contributed by atoms with van der Waals surface area (Å²) in [7, 11) is -4.87. The molecule has 0 bridgehead atoms. The minimum absolute atomic E-state index is 0.0863. The standard InChI is InChI=1S/C8H5Cl2O6P/c9-7(11)4-1-2-5(8(10)12)6(3-4)16-17(13,14)15/h1-3H,(H2,13,14,15). The van der Waals surface area contributed by atoms with Gasteiger partial charge in [-0.15, -0.1) is 0 Å². The molecule has 1 rings (SSSR count). The van der Waals surface area contributed by atoms with Gasteiger partial charge in [0.1, 0.15) is 5.75 Å². The molecule has 0 saturated heterocycles. The lowest BCUT2D eigenvalue weighted by molar-refractivity contribution is 0.106. The molecule has 0 heterocycles. The average molecular weight is 299 g/mol. The highest BCUT2D eigenvalue weighted by Gasteiger charge is 2.21. The first-order chi connectivity index (χ1) is 7.70. The number of phosphoric ester groups is 1. The molecule has 9 heteroatoms. The number of hydrogen-bond acceptors (Lipinski definition) is 4. The zero-order valence-corrected chi connectivity index (χ0v) is 10.4. The Morgan fingerprint density at radius 2 is 1.76 bits per heavy atom. The predicted molar refractivity (Wildman–Crippen MR) is 59.5 cm³/mol. The van der Waals surface area contributed by atoms with Gasteiger partial charge in [0.2, 0.25) is 0 Å². The molecule has 0 atom stereocenters. The normalized spacial score (nSPS) is 11.1. The summed E-state index contributed by atoms with van der Waals surface area (Å²) in [5.41, 5.74) is -0.367. The van der Waals surface area contributed by atoms with Crippen LogP contribution in [0.15, 0.2) is 18.2 Å². The Morgan fingerprint density at radius 3 is 2.18 bits per heavy atom. The molecule has 0 spiro atoms. The van der Waals surface area contributed by atoms with Gasteiger partial charge in [-0.3, -0.25) is 19.4 Å². The zero-order chi connectivity index (χ0) is 13.2. The first-order valence-corrected chi connectivity index (χ1v) is 6.28. The summed E-state index contributed by atoms with van der Waals surface area (Å²) >= 11 is 10.4. The van der Waals surface area contributed by atoms with E-state index in [9.17, 15) is 14.2 Å². The van der Waals surface area contributed by atoms with Crippen molar-refractivity contribution in [1.82, 2.24) is 0 Å². The quantitative estimate of drug-likeness (QED) is 0.650. The molecule has 0 unspecified atom stereocenters. The first-order valence-electron chi connectivity index (χ1n) is 3.99. The predicted octanol–water partition coefficient (Wildman–Crippen LogP) is 1.92. The molecule has 0 aliphatic rings. The molecule has 0 aromatic heterocycles. The third kappa shape index (κ3) is 4.11. The van der Waals surface area contributed by atoms with Crippen molar-refractivity contribution in [3.63, 3.8) is 0 Å². The third-order valence-corrected chi connectivity index (χ3v) is 2.49. The van der Waals surface area contributed by atoms with Crippen LogP contribution in [0.2, 0.25) is 0 Å². The molecule has 17 heavy (non-hydrogen) atoms. The van der Waals surface area contributed by atoms with Gasteiger partial charge >= 0.3 is 7.82 Å². The van der Waals surface area contributed by atoms with Crippen molar-refractivity contribution in [2.24, 2.45) is 0 Å². The number of carbonyl (C=O) groups excluding carboxylic acids is 2. The van der Waals surface area contributed by atoms with E-state index in [1.165, 1.54) is 6.07 Å². The van der Waals surface area contributed by atoms with Crippen molar-refractivity contribution in [2.45, 2.75) is 0 Å².